The van der Waals surface area contributed by atoms with E-state index in [2.05, 4.69) is 35.7 Å². The number of hydrogen-bond acceptors (Lipinski definition) is 5. The number of aliphatic hydroxyl groups excluding tert-OH is 1. The molecule has 1 aliphatic heterocycles. The summed E-state index contributed by atoms with van der Waals surface area (Å²) in [6.07, 6.45) is 3.34. The molecule has 16 heavy (non-hydrogen) atoms. The second-order valence-electron chi connectivity index (χ2n) is 3.75. The van der Waals surface area contributed by atoms with E-state index in [0.29, 0.717) is 0 Å². The van der Waals surface area contributed by atoms with Gasteiger partial charge < -0.3 is 10.0 Å². The van der Waals surface area contributed by atoms with Crippen LogP contribution in [0.2, 0.25) is 0 Å². The van der Waals surface area contributed by atoms with Gasteiger partial charge in [0, 0.05) is 38.9 Å². The predicted octanol–water partition coefficient (Wildman–Crippen LogP) is 0.353. The van der Waals surface area contributed by atoms with E-state index in [1.807, 2.05) is 0 Å². The van der Waals surface area contributed by atoms with Crippen molar-refractivity contribution in [1.82, 2.24) is 14.9 Å². The molecule has 0 amide bonds. The van der Waals surface area contributed by atoms with Crippen molar-refractivity contribution < 1.29 is 5.11 Å². The van der Waals surface area contributed by atoms with Gasteiger partial charge in [0.05, 0.1) is 11.1 Å². The summed E-state index contributed by atoms with van der Waals surface area (Å²) in [7, 11) is 0. The van der Waals surface area contributed by atoms with Crippen molar-refractivity contribution in [3.8, 4) is 0 Å². The molecule has 6 heteroatoms. The van der Waals surface area contributed by atoms with Crippen molar-refractivity contribution in [3.63, 3.8) is 0 Å². The van der Waals surface area contributed by atoms with E-state index in [4.69, 9.17) is 5.11 Å². The molecule has 88 valence electrons. The maximum absolute atomic E-state index is 8.86. The van der Waals surface area contributed by atoms with Crippen LogP contribution in [0, 0.1) is 0 Å². The first-order chi connectivity index (χ1) is 7.81. The van der Waals surface area contributed by atoms with Gasteiger partial charge in [-0.1, -0.05) is 0 Å². The molecule has 0 bridgehead atoms. The lowest BCUT2D eigenvalue weighted by molar-refractivity contribution is 0.188. The summed E-state index contributed by atoms with van der Waals surface area (Å²) in [5.74, 6) is 0.957. The molecule has 5 nitrogen and oxygen atoms in total. The highest BCUT2D eigenvalue weighted by Crippen LogP contribution is 2.22. The summed E-state index contributed by atoms with van der Waals surface area (Å²) in [6, 6.07) is 0. The van der Waals surface area contributed by atoms with Gasteiger partial charge in [0.15, 0.2) is 0 Å². The molecule has 2 rings (SSSR count). The number of rotatable bonds is 3. The maximum Gasteiger partial charge on any atom is 0.146 e. The molecule has 0 unspecified atom stereocenters. The summed E-state index contributed by atoms with van der Waals surface area (Å²) in [5.41, 5.74) is 0. The largest absolute Gasteiger partial charge is 0.395 e. The molecule has 1 aromatic heterocycles. The first-order valence-corrected chi connectivity index (χ1v) is 6.14. The first-order valence-electron chi connectivity index (χ1n) is 5.35. The zero-order chi connectivity index (χ0) is 11.4. The van der Waals surface area contributed by atoms with E-state index < -0.39 is 0 Å². The Morgan fingerprint density at radius 2 is 2.06 bits per heavy atom. The van der Waals surface area contributed by atoms with Crippen molar-refractivity contribution in [3.05, 3.63) is 17.0 Å². The molecule has 1 saturated heterocycles. The summed E-state index contributed by atoms with van der Waals surface area (Å²) in [4.78, 5) is 12.7. The smallest absolute Gasteiger partial charge is 0.146 e. The summed E-state index contributed by atoms with van der Waals surface area (Å²) >= 11 is 3.46. The molecule has 0 aromatic carbocycles. The summed E-state index contributed by atoms with van der Waals surface area (Å²) < 4.78 is 0.936. The van der Waals surface area contributed by atoms with Crippen LogP contribution in [0.15, 0.2) is 17.0 Å². The molecule has 1 N–H and O–H groups in total. The van der Waals surface area contributed by atoms with Crippen LogP contribution >= 0.6 is 15.9 Å². The third-order valence-corrected chi connectivity index (χ3v) is 3.30. The van der Waals surface area contributed by atoms with Gasteiger partial charge in [0.25, 0.3) is 0 Å². The van der Waals surface area contributed by atoms with Crippen LogP contribution < -0.4 is 4.90 Å². The molecule has 1 aliphatic rings. The first kappa shape index (κ1) is 11.8. The number of aromatic nitrogens is 2. The molecular formula is C10H15BrN4O. The van der Waals surface area contributed by atoms with E-state index in [-0.39, 0.29) is 6.61 Å². The van der Waals surface area contributed by atoms with Gasteiger partial charge in [-0.25, -0.2) is 9.97 Å². The molecular weight excluding hydrogens is 272 g/mol. The molecule has 0 saturated carbocycles. The van der Waals surface area contributed by atoms with Gasteiger partial charge in [-0.2, -0.15) is 0 Å². The highest BCUT2D eigenvalue weighted by molar-refractivity contribution is 9.10. The van der Waals surface area contributed by atoms with Crippen LogP contribution in [0.3, 0.4) is 0 Å². The SMILES string of the molecule is OCCN1CCN(c2ncncc2Br)CC1. The zero-order valence-electron chi connectivity index (χ0n) is 9.01. The van der Waals surface area contributed by atoms with E-state index in [1.54, 1.807) is 12.5 Å². The number of nitrogens with zero attached hydrogens (tertiary/aromatic N) is 4. The average molecular weight is 287 g/mol. The van der Waals surface area contributed by atoms with Crippen molar-refractivity contribution in [2.24, 2.45) is 0 Å². The second kappa shape index (κ2) is 5.56. The number of halogens is 1. The van der Waals surface area contributed by atoms with Crippen molar-refractivity contribution in [2.75, 3.05) is 44.2 Å². The van der Waals surface area contributed by atoms with E-state index in [9.17, 15) is 0 Å². The lowest BCUT2D eigenvalue weighted by Crippen LogP contribution is -2.47. The summed E-state index contributed by atoms with van der Waals surface area (Å²) in [5, 5.41) is 8.86. The van der Waals surface area contributed by atoms with Crippen LogP contribution in [0.4, 0.5) is 5.82 Å². The zero-order valence-corrected chi connectivity index (χ0v) is 10.6. The van der Waals surface area contributed by atoms with E-state index in [0.717, 1.165) is 43.0 Å². The van der Waals surface area contributed by atoms with Crippen molar-refractivity contribution >= 4 is 21.7 Å². The molecule has 0 aliphatic carbocycles. The lowest BCUT2D eigenvalue weighted by atomic mass is 10.3. The molecule has 2 heterocycles. The van der Waals surface area contributed by atoms with Crippen LogP contribution in [0.5, 0.6) is 0 Å². The Hall–Kier alpha value is -0.720. The fourth-order valence-corrected chi connectivity index (χ4v) is 2.33. The normalized spacial score (nSPS) is 17.8. The monoisotopic (exact) mass is 286 g/mol. The van der Waals surface area contributed by atoms with Gasteiger partial charge in [0.2, 0.25) is 0 Å². The number of hydrogen-bond donors (Lipinski definition) is 1. The Labute approximate surface area is 103 Å². The Morgan fingerprint density at radius 3 is 2.69 bits per heavy atom. The van der Waals surface area contributed by atoms with Crippen LogP contribution in [-0.2, 0) is 0 Å². The van der Waals surface area contributed by atoms with Crippen LogP contribution in [0.1, 0.15) is 0 Å². The highest BCUT2D eigenvalue weighted by atomic mass is 79.9. The Morgan fingerprint density at radius 1 is 1.31 bits per heavy atom. The number of aliphatic hydroxyl groups is 1. The molecule has 1 aromatic rings. The fourth-order valence-electron chi connectivity index (χ4n) is 1.86. The van der Waals surface area contributed by atoms with Gasteiger partial charge in [-0.3, -0.25) is 4.90 Å². The number of anilines is 1. The van der Waals surface area contributed by atoms with Crippen molar-refractivity contribution in [1.29, 1.82) is 0 Å². The third-order valence-electron chi connectivity index (χ3n) is 2.74. The van der Waals surface area contributed by atoms with Crippen molar-refractivity contribution in [2.45, 2.75) is 0 Å². The highest BCUT2D eigenvalue weighted by Gasteiger charge is 2.18. The molecule has 1 fully saturated rings. The average Bonchev–Trinajstić information content (AvgIpc) is 2.31. The van der Waals surface area contributed by atoms with Crippen LogP contribution in [0.25, 0.3) is 0 Å². The maximum atomic E-state index is 8.86. The van der Waals surface area contributed by atoms with Gasteiger partial charge >= 0.3 is 0 Å². The van der Waals surface area contributed by atoms with Gasteiger partial charge in [-0.05, 0) is 15.9 Å². The Kier molecular flexibility index (Phi) is 4.09. The quantitative estimate of drug-likeness (QED) is 0.869. The number of piperazine rings is 1. The predicted molar refractivity (Wildman–Crippen MR) is 65.5 cm³/mol. The Bertz CT molecular complexity index is 341. The standard InChI is InChI=1S/C10H15BrN4O/c11-9-7-12-8-13-10(9)15-3-1-14(2-4-15)5-6-16/h7-8,16H,1-6H2. The Balaban J connectivity index is 1.96. The van der Waals surface area contributed by atoms with E-state index >= 15 is 0 Å². The fraction of sp³-hybridized carbons (Fsp3) is 0.600. The minimum absolute atomic E-state index is 0.233. The lowest BCUT2D eigenvalue weighted by Gasteiger charge is -2.35. The van der Waals surface area contributed by atoms with Crippen LogP contribution in [-0.4, -0.2) is 59.3 Å². The minimum Gasteiger partial charge on any atom is -0.395 e. The topological polar surface area (TPSA) is 52.5 Å². The van der Waals surface area contributed by atoms with Gasteiger partial charge in [-0.15, -0.1) is 0 Å². The molecule has 0 spiro atoms. The number of β-amino-alcohol motifs (C(OH)–C–C–N with tert-alkyl or cyclic N) is 1. The molecule has 0 radical (unpaired) electrons. The second-order valence-corrected chi connectivity index (χ2v) is 4.60. The van der Waals surface area contributed by atoms with E-state index in [1.165, 1.54) is 0 Å². The minimum atomic E-state index is 0.233. The molecule has 0 atom stereocenters. The third kappa shape index (κ3) is 2.69. The van der Waals surface area contributed by atoms with Gasteiger partial charge in [0.1, 0.15) is 12.1 Å². The summed E-state index contributed by atoms with van der Waals surface area (Å²) in [6.45, 7) is 4.81.